The quantitative estimate of drug-likeness (QED) is 0.769. The van der Waals surface area contributed by atoms with Crippen LogP contribution < -0.4 is 10.9 Å². The highest BCUT2D eigenvalue weighted by molar-refractivity contribution is 5.65. The van der Waals surface area contributed by atoms with Gasteiger partial charge >= 0.3 is 0 Å². The van der Waals surface area contributed by atoms with E-state index in [-0.39, 0.29) is 12.2 Å². The van der Waals surface area contributed by atoms with Gasteiger partial charge in [-0.3, -0.25) is 4.79 Å². The summed E-state index contributed by atoms with van der Waals surface area (Å²) in [5.41, 5.74) is 2.44. The maximum absolute atomic E-state index is 12.5. The summed E-state index contributed by atoms with van der Waals surface area (Å²) in [6.45, 7) is -0.879. The Morgan fingerprint density at radius 1 is 1.16 bits per heavy atom. The van der Waals surface area contributed by atoms with Gasteiger partial charge in [0.05, 0.1) is 12.6 Å². The predicted molar refractivity (Wildman–Crippen MR) is 73.0 cm³/mol. The van der Waals surface area contributed by atoms with Gasteiger partial charge < -0.3 is 15.4 Å². The SMILES string of the molecule is O=c1ccc(-c2ccc(NC(CO)CF)cc2)c[nH]1. The molecule has 0 saturated heterocycles. The summed E-state index contributed by atoms with van der Waals surface area (Å²) in [6.07, 6.45) is 1.64. The molecule has 0 aliphatic rings. The Morgan fingerprint density at radius 3 is 2.37 bits per heavy atom. The van der Waals surface area contributed by atoms with Gasteiger partial charge in [0, 0.05) is 18.0 Å². The molecule has 1 atom stereocenters. The molecule has 5 heteroatoms. The standard InChI is InChI=1S/C14H15FN2O2/c15-7-13(9-18)17-12-4-1-10(2-5-12)11-3-6-14(19)16-8-11/h1-6,8,13,17-18H,7,9H2,(H,16,19). The highest BCUT2D eigenvalue weighted by Gasteiger charge is 2.06. The first-order chi connectivity index (χ1) is 9.22. The molecular formula is C14H15FN2O2. The molecule has 0 aliphatic carbocycles. The van der Waals surface area contributed by atoms with E-state index in [1.54, 1.807) is 24.4 Å². The average molecular weight is 262 g/mol. The molecule has 0 spiro atoms. The van der Waals surface area contributed by atoms with Crippen LogP contribution in [0.5, 0.6) is 0 Å². The van der Waals surface area contributed by atoms with Gasteiger partial charge in [-0.25, -0.2) is 4.39 Å². The lowest BCUT2D eigenvalue weighted by molar-refractivity contribution is 0.252. The van der Waals surface area contributed by atoms with Crippen LogP contribution in [0.1, 0.15) is 0 Å². The van der Waals surface area contributed by atoms with Gasteiger partial charge in [0.25, 0.3) is 0 Å². The molecule has 0 saturated carbocycles. The molecule has 0 aliphatic heterocycles. The van der Waals surface area contributed by atoms with Crippen molar-refractivity contribution in [2.24, 2.45) is 0 Å². The molecule has 1 unspecified atom stereocenters. The van der Waals surface area contributed by atoms with E-state index in [4.69, 9.17) is 5.11 Å². The van der Waals surface area contributed by atoms with Crippen LogP contribution in [0.2, 0.25) is 0 Å². The fraction of sp³-hybridized carbons (Fsp3) is 0.214. The summed E-state index contributed by atoms with van der Waals surface area (Å²) in [5.74, 6) is 0. The van der Waals surface area contributed by atoms with Crippen LogP contribution >= 0.6 is 0 Å². The first-order valence-electron chi connectivity index (χ1n) is 5.95. The Kier molecular flexibility index (Phi) is 4.30. The summed E-state index contributed by atoms with van der Waals surface area (Å²) >= 11 is 0. The number of H-pyrrole nitrogens is 1. The Bertz CT molecular complexity index is 556. The summed E-state index contributed by atoms with van der Waals surface area (Å²) < 4.78 is 12.5. The van der Waals surface area contributed by atoms with Crippen molar-refractivity contribution in [3.63, 3.8) is 0 Å². The van der Waals surface area contributed by atoms with Crippen LogP contribution in [0.3, 0.4) is 0 Å². The van der Waals surface area contributed by atoms with Gasteiger partial charge in [0.15, 0.2) is 0 Å². The minimum atomic E-state index is -0.627. The summed E-state index contributed by atoms with van der Waals surface area (Å²) in [6, 6.07) is 9.95. The van der Waals surface area contributed by atoms with Gasteiger partial charge in [0.2, 0.25) is 5.56 Å². The molecule has 19 heavy (non-hydrogen) atoms. The van der Waals surface area contributed by atoms with Crippen molar-refractivity contribution in [2.45, 2.75) is 6.04 Å². The number of aromatic nitrogens is 1. The number of pyridine rings is 1. The van der Waals surface area contributed by atoms with Crippen LogP contribution in [0.15, 0.2) is 47.4 Å². The zero-order valence-corrected chi connectivity index (χ0v) is 10.3. The number of benzene rings is 1. The number of alkyl halides is 1. The molecule has 1 heterocycles. The Hall–Kier alpha value is -2.14. The molecule has 0 radical (unpaired) electrons. The molecule has 1 aromatic carbocycles. The summed E-state index contributed by atoms with van der Waals surface area (Å²) in [4.78, 5) is 13.6. The van der Waals surface area contributed by atoms with Crippen molar-refractivity contribution in [3.05, 3.63) is 52.9 Å². The Balaban J connectivity index is 2.14. The Labute approximate surface area is 109 Å². The van der Waals surface area contributed by atoms with E-state index in [9.17, 15) is 9.18 Å². The van der Waals surface area contributed by atoms with Crippen LogP contribution in [0, 0.1) is 0 Å². The third kappa shape index (κ3) is 3.42. The second kappa shape index (κ2) is 6.15. The first-order valence-corrected chi connectivity index (χ1v) is 5.95. The lowest BCUT2D eigenvalue weighted by Gasteiger charge is -2.14. The lowest BCUT2D eigenvalue weighted by Crippen LogP contribution is -2.25. The smallest absolute Gasteiger partial charge is 0.247 e. The fourth-order valence-corrected chi connectivity index (χ4v) is 1.72. The number of aromatic amines is 1. The van der Waals surface area contributed by atoms with Crippen molar-refractivity contribution in [2.75, 3.05) is 18.6 Å². The monoisotopic (exact) mass is 262 g/mol. The van der Waals surface area contributed by atoms with Gasteiger partial charge in [-0.1, -0.05) is 12.1 Å². The number of hydrogen-bond donors (Lipinski definition) is 3. The largest absolute Gasteiger partial charge is 0.394 e. The van der Waals surface area contributed by atoms with E-state index in [2.05, 4.69) is 10.3 Å². The molecule has 4 nitrogen and oxygen atoms in total. The number of rotatable bonds is 5. The van der Waals surface area contributed by atoms with Crippen molar-refractivity contribution < 1.29 is 9.50 Å². The number of anilines is 1. The molecule has 2 rings (SSSR count). The number of halogens is 1. The van der Waals surface area contributed by atoms with Crippen molar-refractivity contribution in [3.8, 4) is 11.1 Å². The highest BCUT2D eigenvalue weighted by atomic mass is 19.1. The second-order valence-electron chi connectivity index (χ2n) is 4.20. The van der Waals surface area contributed by atoms with Crippen molar-refractivity contribution in [1.82, 2.24) is 4.98 Å². The zero-order valence-electron chi connectivity index (χ0n) is 10.3. The maximum Gasteiger partial charge on any atom is 0.247 e. The van der Waals surface area contributed by atoms with E-state index in [0.717, 1.165) is 16.8 Å². The normalized spacial score (nSPS) is 12.1. The van der Waals surface area contributed by atoms with Gasteiger partial charge in [-0.15, -0.1) is 0 Å². The minimum absolute atomic E-state index is 0.143. The zero-order chi connectivity index (χ0) is 13.7. The van der Waals surface area contributed by atoms with E-state index in [1.165, 1.54) is 6.07 Å². The third-order valence-corrected chi connectivity index (χ3v) is 2.78. The van der Waals surface area contributed by atoms with Gasteiger partial charge in [-0.05, 0) is 29.3 Å². The van der Waals surface area contributed by atoms with Crippen LogP contribution in [-0.2, 0) is 0 Å². The van der Waals surface area contributed by atoms with E-state index < -0.39 is 12.7 Å². The number of hydrogen-bond acceptors (Lipinski definition) is 3. The maximum atomic E-state index is 12.5. The van der Waals surface area contributed by atoms with Crippen LogP contribution in [0.4, 0.5) is 10.1 Å². The second-order valence-corrected chi connectivity index (χ2v) is 4.20. The average Bonchev–Trinajstić information content (AvgIpc) is 2.46. The van der Waals surface area contributed by atoms with Crippen LogP contribution in [-0.4, -0.2) is 29.4 Å². The molecule has 2 aromatic rings. The fourth-order valence-electron chi connectivity index (χ4n) is 1.72. The van der Waals surface area contributed by atoms with Crippen LogP contribution in [0.25, 0.3) is 11.1 Å². The van der Waals surface area contributed by atoms with Gasteiger partial charge in [0.1, 0.15) is 6.67 Å². The van der Waals surface area contributed by atoms with Gasteiger partial charge in [-0.2, -0.15) is 0 Å². The summed E-state index contributed by atoms with van der Waals surface area (Å²) in [5, 5.41) is 11.8. The molecular weight excluding hydrogens is 247 g/mol. The number of aliphatic hydroxyl groups is 1. The van der Waals surface area contributed by atoms with E-state index in [1.807, 2.05) is 12.1 Å². The molecule has 0 bridgehead atoms. The number of nitrogens with one attached hydrogen (secondary N) is 2. The molecule has 3 N–H and O–H groups in total. The first kappa shape index (κ1) is 13.3. The molecule has 0 amide bonds. The molecule has 1 aromatic heterocycles. The number of aliphatic hydroxyl groups excluding tert-OH is 1. The third-order valence-electron chi connectivity index (χ3n) is 2.78. The Morgan fingerprint density at radius 2 is 1.84 bits per heavy atom. The van der Waals surface area contributed by atoms with Crippen molar-refractivity contribution in [1.29, 1.82) is 0 Å². The predicted octanol–water partition coefficient (Wildman–Crippen LogP) is 1.78. The minimum Gasteiger partial charge on any atom is -0.394 e. The molecule has 0 fully saturated rings. The molecule has 100 valence electrons. The highest BCUT2D eigenvalue weighted by Crippen LogP contribution is 2.20. The topological polar surface area (TPSA) is 65.1 Å². The van der Waals surface area contributed by atoms with E-state index >= 15 is 0 Å². The van der Waals surface area contributed by atoms with E-state index in [0.29, 0.717) is 0 Å². The lowest BCUT2D eigenvalue weighted by atomic mass is 10.1. The summed E-state index contributed by atoms with van der Waals surface area (Å²) in [7, 11) is 0. The van der Waals surface area contributed by atoms with Crippen molar-refractivity contribution >= 4 is 5.69 Å².